The molecule has 202 valence electrons. The molecule has 2 aromatic carbocycles. The van der Waals surface area contributed by atoms with Gasteiger partial charge in [0.15, 0.2) is 11.5 Å². The number of esters is 1. The van der Waals surface area contributed by atoms with Gasteiger partial charge in [0.1, 0.15) is 0 Å². The Labute approximate surface area is 224 Å². The zero-order valence-corrected chi connectivity index (χ0v) is 22.6. The number of nitrogens with one attached hydrogen (secondary N) is 2. The second-order valence-electron chi connectivity index (χ2n) is 8.42. The number of fused-ring (bicyclic) bond motifs is 1. The third-order valence-corrected chi connectivity index (χ3v) is 5.77. The lowest BCUT2D eigenvalue weighted by Gasteiger charge is -2.37. The summed E-state index contributed by atoms with van der Waals surface area (Å²) < 4.78 is 16.8. The number of nitrogens with zero attached hydrogens (tertiary/aromatic N) is 1. The molecule has 2 amide bonds. The number of amides is 2. The number of hydrogen-bond donors (Lipinski definition) is 2. The third kappa shape index (κ3) is 8.36. The number of hydrogen-bond acceptors (Lipinski definition) is 7. The number of ether oxygens (including phenoxy) is 3. The number of carbonyl (C=O) groups excluding carboxylic acids is 3. The van der Waals surface area contributed by atoms with Gasteiger partial charge >= 0.3 is 5.97 Å². The van der Waals surface area contributed by atoms with E-state index in [0.717, 1.165) is 11.1 Å². The van der Waals surface area contributed by atoms with Gasteiger partial charge in [0, 0.05) is 30.9 Å². The second-order valence-corrected chi connectivity index (χ2v) is 8.42. The number of halogens is 1. The van der Waals surface area contributed by atoms with Crippen LogP contribution < -0.4 is 20.1 Å². The number of rotatable bonds is 11. The molecule has 0 spiro atoms. The molecule has 1 heterocycles. The van der Waals surface area contributed by atoms with Gasteiger partial charge in [0.05, 0.1) is 32.8 Å². The van der Waals surface area contributed by atoms with E-state index in [1.807, 2.05) is 30.9 Å². The molecule has 2 aromatic rings. The van der Waals surface area contributed by atoms with Crippen molar-refractivity contribution in [1.82, 2.24) is 4.90 Å². The molecule has 1 aliphatic rings. The van der Waals surface area contributed by atoms with E-state index in [-0.39, 0.29) is 49.2 Å². The fourth-order valence-electron chi connectivity index (χ4n) is 4.33. The first kappa shape index (κ1) is 29.9. The molecule has 0 saturated carbocycles. The average Bonchev–Trinajstić information content (AvgIpc) is 2.82. The Balaban J connectivity index is 0.00000481. The van der Waals surface area contributed by atoms with E-state index < -0.39 is 0 Å². The van der Waals surface area contributed by atoms with Crippen LogP contribution in [-0.2, 0) is 25.5 Å². The van der Waals surface area contributed by atoms with Gasteiger partial charge in [-0.05, 0) is 74.7 Å². The predicted molar refractivity (Wildman–Crippen MR) is 145 cm³/mol. The Morgan fingerprint density at radius 3 is 2.08 bits per heavy atom. The van der Waals surface area contributed by atoms with Crippen LogP contribution in [0.2, 0.25) is 0 Å². The molecule has 0 aromatic heterocycles. The molecule has 1 atom stereocenters. The minimum atomic E-state index is -0.337. The van der Waals surface area contributed by atoms with Gasteiger partial charge in [-0.25, -0.2) is 0 Å². The Hall–Kier alpha value is -3.30. The van der Waals surface area contributed by atoms with Crippen LogP contribution in [0, 0.1) is 0 Å². The lowest BCUT2D eigenvalue weighted by atomic mass is 9.90. The molecule has 0 aliphatic carbocycles. The quantitative estimate of drug-likeness (QED) is 0.413. The minimum absolute atomic E-state index is 0. The highest BCUT2D eigenvalue weighted by molar-refractivity contribution is 5.93. The van der Waals surface area contributed by atoms with Crippen molar-refractivity contribution in [3.8, 4) is 11.5 Å². The molecular weight excluding hydrogens is 498 g/mol. The Morgan fingerprint density at radius 1 is 0.919 bits per heavy atom. The van der Waals surface area contributed by atoms with E-state index in [1.165, 1.54) is 6.92 Å². The van der Waals surface area contributed by atoms with Gasteiger partial charge in [-0.2, -0.15) is 0 Å². The molecule has 2 N–H and O–H groups in total. The summed E-state index contributed by atoms with van der Waals surface area (Å²) >= 11 is 0. The first-order chi connectivity index (χ1) is 17.3. The predicted octanol–water partition coefficient (Wildman–Crippen LogP) is 4.36. The van der Waals surface area contributed by atoms with Crippen molar-refractivity contribution in [2.75, 3.05) is 43.5 Å². The van der Waals surface area contributed by atoms with E-state index in [1.54, 1.807) is 31.2 Å². The maximum absolute atomic E-state index is 12.9. The summed E-state index contributed by atoms with van der Waals surface area (Å²) in [5, 5.41) is 5.59. The van der Waals surface area contributed by atoms with Crippen molar-refractivity contribution in [2.24, 2.45) is 0 Å². The van der Waals surface area contributed by atoms with Crippen LogP contribution in [-0.4, -0.2) is 55.6 Å². The maximum Gasteiger partial charge on any atom is 0.307 e. The largest absolute Gasteiger partial charge is 0.490 e. The summed E-state index contributed by atoms with van der Waals surface area (Å²) in [4.78, 5) is 38.6. The standard InChI is InChI=1S/C27H35N3O6.ClH/c1-5-34-24-14-19-12-13-30(17-26(32)29-21-10-8-20(9-11-21)28-18(4)31)23(16-27(33)36-7-3)22(19)15-25(24)35-6-2;/h8-11,14-15,23H,5-7,12-13,16-17H2,1-4H3,(H,28,31)(H,29,32);1H. The molecule has 37 heavy (non-hydrogen) atoms. The lowest BCUT2D eigenvalue weighted by Crippen LogP contribution is -2.41. The molecule has 0 bridgehead atoms. The van der Waals surface area contributed by atoms with E-state index in [4.69, 9.17) is 14.2 Å². The van der Waals surface area contributed by atoms with Crippen molar-refractivity contribution >= 4 is 41.6 Å². The molecule has 3 rings (SSSR count). The Kier molecular flexibility index (Phi) is 11.7. The minimum Gasteiger partial charge on any atom is -0.490 e. The van der Waals surface area contributed by atoms with E-state index in [2.05, 4.69) is 10.6 Å². The zero-order valence-electron chi connectivity index (χ0n) is 21.8. The first-order valence-electron chi connectivity index (χ1n) is 12.3. The van der Waals surface area contributed by atoms with Crippen LogP contribution in [0.15, 0.2) is 36.4 Å². The molecule has 0 fully saturated rings. The summed E-state index contributed by atoms with van der Waals surface area (Å²) in [5.74, 6) is 0.627. The topological polar surface area (TPSA) is 106 Å². The Bertz CT molecular complexity index is 1080. The molecular formula is C27H36ClN3O6. The zero-order chi connectivity index (χ0) is 26.1. The maximum atomic E-state index is 12.9. The van der Waals surface area contributed by atoms with E-state index in [0.29, 0.717) is 55.7 Å². The second kappa shape index (κ2) is 14.4. The molecule has 0 saturated heterocycles. The van der Waals surface area contributed by atoms with Crippen LogP contribution in [0.1, 0.15) is 51.3 Å². The van der Waals surface area contributed by atoms with Gasteiger partial charge < -0.3 is 24.8 Å². The van der Waals surface area contributed by atoms with Crippen LogP contribution >= 0.6 is 12.4 Å². The number of carbonyl (C=O) groups is 3. The van der Waals surface area contributed by atoms with Gasteiger partial charge in [-0.15, -0.1) is 12.4 Å². The van der Waals surface area contributed by atoms with Crippen molar-refractivity contribution < 1.29 is 28.6 Å². The van der Waals surface area contributed by atoms with Crippen molar-refractivity contribution in [1.29, 1.82) is 0 Å². The highest BCUT2D eigenvalue weighted by Crippen LogP contribution is 2.40. The average molecular weight is 534 g/mol. The SMILES string of the molecule is CCOC(=O)CC1c2cc(OCC)c(OCC)cc2CCN1CC(=O)Nc1ccc(NC(C)=O)cc1.Cl. The molecule has 9 nitrogen and oxygen atoms in total. The van der Waals surface area contributed by atoms with Crippen molar-refractivity contribution in [3.63, 3.8) is 0 Å². The van der Waals surface area contributed by atoms with Gasteiger partial charge in [0.25, 0.3) is 0 Å². The summed E-state index contributed by atoms with van der Waals surface area (Å²) in [6.07, 6.45) is 0.832. The summed E-state index contributed by atoms with van der Waals surface area (Å²) in [6.45, 7) is 9.04. The lowest BCUT2D eigenvalue weighted by molar-refractivity contribution is -0.145. The van der Waals surface area contributed by atoms with Crippen LogP contribution in [0.3, 0.4) is 0 Å². The molecule has 10 heteroatoms. The summed E-state index contributed by atoms with van der Waals surface area (Å²) in [6, 6.07) is 10.5. The van der Waals surface area contributed by atoms with Crippen LogP contribution in [0.4, 0.5) is 11.4 Å². The highest BCUT2D eigenvalue weighted by Gasteiger charge is 2.32. The molecule has 0 radical (unpaired) electrons. The monoisotopic (exact) mass is 533 g/mol. The normalized spacial score (nSPS) is 14.5. The van der Waals surface area contributed by atoms with Crippen molar-refractivity contribution in [2.45, 2.75) is 46.6 Å². The van der Waals surface area contributed by atoms with E-state index >= 15 is 0 Å². The van der Waals surface area contributed by atoms with Crippen LogP contribution in [0.5, 0.6) is 11.5 Å². The highest BCUT2D eigenvalue weighted by atomic mass is 35.5. The summed E-state index contributed by atoms with van der Waals surface area (Å²) in [5.41, 5.74) is 3.28. The van der Waals surface area contributed by atoms with Crippen molar-refractivity contribution in [3.05, 3.63) is 47.5 Å². The smallest absolute Gasteiger partial charge is 0.307 e. The fraction of sp³-hybridized carbons (Fsp3) is 0.444. The van der Waals surface area contributed by atoms with E-state index in [9.17, 15) is 14.4 Å². The number of benzene rings is 2. The first-order valence-corrected chi connectivity index (χ1v) is 12.3. The number of anilines is 2. The van der Waals surface area contributed by atoms with Gasteiger partial charge in [-0.3, -0.25) is 19.3 Å². The molecule has 1 aliphatic heterocycles. The third-order valence-electron chi connectivity index (χ3n) is 5.77. The van der Waals surface area contributed by atoms with Crippen LogP contribution in [0.25, 0.3) is 0 Å². The van der Waals surface area contributed by atoms with Gasteiger partial charge in [0.2, 0.25) is 11.8 Å². The van der Waals surface area contributed by atoms with Gasteiger partial charge in [-0.1, -0.05) is 0 Å². The Morgan fingerprint density at radius 2 is 1.51 bits per heavy atom. The fourth-order valence-corrected chi connectivity index (χ4v) is 4.33. The molecule has 1 unspecified atom stereocenters. The summed E-state index contributed by atoms with van der Waals surface area (Å²) in [7, 11) is 0.